The molecule has 2 N–H and O–H groups in total. The molecule has 0 aliphatic carbocycles. The average molecular weight is 335 g/mol. The number of nitrogens with one attached hydrogen (secondary N) is 1. The van der Waals surface area contributed by atoms with Crippen molar-refractivity contribution in [3.05, 3.63) is 71.3 Å². The van der Waals surface area contributed by atoms with Crippen LogP contribution in [0.15, 0.2) is 48.5 Å². The highest BCUT2D eigenvalue weighted by Gasteiger charge is 2.25. The molecule has 2 aromatic carbocycles. The van der Waals surface area contributed by atoms with E-state index >= 15 is 0 Å². The molecule has 0 radical (unpaired) electrons. The Labute approximate surface area is 136 Å². The van der Waals surface area contributed by atoms with Gasteiger partial charge in [-0.2, -0.15) is 0 Å². The fourth-order valence-electron chi connectivity index (χ4n) is 2.15. The molecule has 7 heteroatoms. The monoisotopic (exact) mass is 335 g/mol. The number of carboxylic acid groups (broad SMARTS) is 1. The standard InChI is InChI=1S/C17H15F2NO4/c18-12-7-4-8-13(19)16(12)14(9-15(21)22)20-17(23)24-10-11-5-2-1-3-6-11/h1-8,14H,9-10H2,(H,20,23)(H,21,22)/t14-/m0/s1. The Morgan fingerprint density at radius 2 is 1.67 bits per heavy atom. The molecule has 5 nitrogen and oxygen atoms in total. The molecule has 0 fully saturated rings. The van der Waals surface area contributed by atoms with E-state index in [0.717, 1.165) is 23.8 Å². The number of aliphatic carboxylic acids is 1. The molecule has 0 spiro atoms. The second-order valence-corrected chi connectivity index (χ2v) is 4.99. The topological polar surface area (TPSA) is 75.6 Å². The quantitative estimate of drug-likeness (QED) is 0.848. The summed E-state index contributed by atoms with van der Waals surface area (Å²) >= 11 is 0. The molecule has 126 valence electrons. The summed E-state index contributed by atoms with van der Waals surface area (Å²) in [5.74, 6) is -3.19. The number of halogens is 2. The van der Waals surface area contributed by atoms with Gasteiger partial charge in [-0.15, -0.1) is 0 Å². The van der Waals surface area contributed by atoms with Gasteiger partial charge in [-0.25, -0.2) is 13.6 Å². The summed E-state index contributed by atoms with van der Waals surface area (Å²) in [7, 11) is 0. The van der Waals surface area contributed by atoms with Crippen LogP contribution >= 0.6 is 0 Å². The van der Waals surface area contributed by atoms with Crippen molar-refractivity contribution in [2.75, 3.05) is 0 Å². The van der Waals surface area contributed by atoms with Crippen molar-refractivity contribution in [2.45, 2.75) is 19.1 Å². The van der Waals surface area contributed by atoms with Gasteiger partial charge in [0.15, 0.2) is 0 Å². The van der Waals surface area contributed by atoms with Gasteiger partial charge < -0.3 is 15.2 Å². The predicted molar refractivity (Wildman–Crippen MR) is 81.1 cm³/mol. The van der Waals surface area contributed by atoms with Gasteiger partial charge in [0.25, 0.3) is 0 Å². The van der Waals surface area contributed by atoms with Crippen LogP contribution in [0.2, 0.25) is 0 Å². The van der Waals surface area contributed by atoms with Gasteiger partial charge in [0.05, 0.1) is 12.5 Å². The molecule has 0 saturated carbocycles. The van der Waals surface area contributed by atoms with Crippen LogP contribution in [0.5, 0.6) is 0 Å². The lowest BCUT2D eigenvalue weighted by atomic mass is 10.0. The third-order valence-electron chi connectivity index (χ3n) is 3.23. The Hall–Kier alpha value is -2.96. The minimum absolute atomic E-state index is 0.0494. The zero-order chi connectivity index (χ0) is 17.5. The summed E-state index contributed by atoms with van der Waals surface area (Å²) in [4.78, 5) is 22.8. The highest BCUT2D eigenvalue weighted by Crippen LogP contribution is 2.23. The number of rotatable bonds is 6. The average Bonchev–Trinajstić information content (AvgIpc) is 2.53. The van der Waals surface area contributed by atoms with Crippen LogP contribution in [-0.4, -0.2) is 17.2 Å². The lowest BCUT2D eigenvalue weighted by Gasteiger charge is -2.18. The molecule has 0 bridgehead atoms. The number of benzene rings is 2. The molecule has 24 heavy (non-hydrogen) atoms. The maximum absolute atomic E-state index is 13.8. The number of ether oxygens (including phenoxy) is 1. The van der Waals surface area contributed by atoms with Crippen molar-refractivity contribution in [3.63, 3.8) is 0 Å². The third kappa shape index (κ3) is 4.77. The van der Waals surface area contributed by atoms with Crippen LogP contribution in [0.4, 0.5) is 13.6 Å². The Morgan fingerprint density at radius 3 is 2.25 bits per heavy atom. The van der Waals surface area contributed by atoms with E-state index in [0.29, 0.717) is 0 Å². The molecule has 0 aliphatic rings. The number of carboxylic acids is 1. The smallest absolute Gasteiger partial charge is 0.407 e. The van der Waals surface area contributed by atoms with E-state index in [9.17, 15) is 18.4 Å². The summed E-state index contributed by atoms with van der Waals surface area (Å²) in [5.41, 5.74) is 0.205. The van der Waals surface area contributed by atoms with Gasteiger partial charge in [-0.3, -0.25) is 4.79 Å². The molecule has 0 aromatic heterocycles. The molecular formula is C17H15F2NO4. The van der Waals surface area contributed by atoms with Gasteiger partial charge in [0.1, 0.15) is 18.2 Å². The van der Waals surface area contributed by atoms with E-state index in [1.165, 1.54) is 0 Å². The molecule has 0 unspecified atom stereocenters. The highest BCUT2D eigenvalue weighted by molar-refractivity contribution is 5.72. The maximum atomic E-state index is 13.8. The molecule has 0 saturated heterocycles. The van der Waals surface area contributed by atoms with Crippen LogP contribution < -0.4 is 5.32 Å². The first kappa shape index (κ1) is 17.4. The number of carbonyl (C=O) groups is 2. The fraction of sp³-hybridized carbons (Fsp3) is 0.176. The molecule has 2 rings (SSSR count). The summed E-state index contributed by atoms with van der Waals surface area (Å²) in [6.07, 6.45) is -1.65. The van der Waals surface area contributed by atoms with Gasteiger partial charge in [-0.05, 0) is 17.7 Å². The maximum Gasteiger partial charge on any atom is 0.407 e. The summed E-state index contributed by atoms with van der Waals surface area (Å²) in [6.45, 7) is -0.0494. The molecule has 0 heterocycles. The minimum atomic E-state index is -1.38. The zero-order valence-corrected chi connectivity index (χ0v) is 12.5. The first-order chi connectivity index (χ1) is 11.5. The lowest BCUT2D eigenvalue weighted by molar-refractivity contribution is -0.137. The van der Waals surface area contributed by atoms with E-state index in [4.69, 9.17) is 9.84 Å². The molecule has 2 aromatic rings. The van der Waals surface area contributed by atoms with E-state index in [1.807, 2.05) is 0 Å². The summed E-state index contributed by atoms with van der Waals surface area (Å²) < 4.78 is 32.6. The van der Waals surface area contributed by atoms with Crippen molar-refractivity contribution in [1.29, 1.82) is 0 Å². The van der Waals surface area contributed by atoms with Gasteiger partial charge in [0, 0.05) is 5.56 Å². The molecule has 0 aliphatic heterocycles. The van der Waals surface area contributed by atoms with Gasteiger partial charge in [0.2, 0.25) is 0 Å². The highest BCUT2D eigenvalue weighted by atomic mass is 19.1. The van der Waals surface area contributed by atoms with Crippen molar-refractivity contribution in [3.8, 4) is 0 Å². The Balaban J connectivity index is 2.08. The van der Waals surface area contributed by atoms with Crippen LogP contribution in [0.3, 0.4) is 0 Å². The Kier molecular flexibility index (Phi) is 5.83. The minimum Gasteiger partial charge on any atom is -0.481 e. The van der Waals surface area contributed by atoms with Crippen molar-refractivity contribution >= 4 is 12.1 Å². The molecular weight excluding hydrogens is 320 g/mol. The molecule has 1 amide bonds. The van der Waals surface area contributed by atoms with E-state index in [-0.39, 0.29) is 6.61 Å². The largest absolute Gasteiger partial charge is 0.481 e. The number of alkyl carbamates (subject to hydrolysis) is 1. The van der Waals surface area contributed by atoms with E-state index in [2.05, 4.69) is 5.32 Å². The SMILES string of the molecule is O=C(O)C[C@H](NC(=O)OCc1ccccc1)c1c(F)cccc1F. The normalized spacial score (nSPS) is 11.6. The second-order valence-electron chi connectivity index (χ2n) is 4.99. The van der Waals surface area contributed by atoms with Gasteiger partial charge in [-0.1, -0.05) is 36.4 Å². The third-order valence-corrected chi connectivity index (χ3v) is 3.23. The second kappa shape index (κ2) is 8.05. The van der Waals surface area contributed by atoms with E-state index in [1.54, 1.807) is 30.3 Å². The predicted octanol–water partition coefficient (Wildman–Crippen LogP) is 3.41. The first-order valence-electron chi connectivity index (χ1n) is 7.10. The van der Waals surface area contributed by atoms with Crippen molar-refractivity contribution < 1.29 is 28.2 Å². The first-order valence-corrected chi connectivity index (χ1v) is 7.10. The summed E-state index contributed by atoms with van der Waals surface area (Å²) in [6, 6.07) is 10.5. The number of hydrogen-bond donors (Lipinski definition) is 2. The fourth-order valence-corrected chi connectivity index (χ4v) is 2.15. The van der Waals surface area contributed by atoms with Crippen LogP contribution in [0.25, 0.3) is 0 Å². The summed E-state index contributed by atoms with van der Waals surface area (Å²) in [5, 5.41) is 11.1. The van der Waals surface area contributed by atoms with Crippen LogP contribution in [0, 0.1) is 11.6 Å². The Bertz CT molecular complexity index is 702. The van der Waals surface area contributed by atoms with Gasteiger partial charge >= 0.3 is 12.1 Å². The Morgan fingerprint density at radius 1 is 1.04 bits per heavy atom. The number of amides is 1. The zero-order valence-electron chi connectivity index (χ0n) is 12.5. The molecule has 1 atom stereocenters. The van der Waals surface area contributed by atoms with Crippen LogP contribution in [-0.2, 0) is 16.1 Å². The van der Waals surface area contributed by atoms with E-state index < -0.39 is 41.7 Å². The van der Waals surface area contributed by atoms with Crippen molar-refractivity contribution in [1.82, 2.24) is 5.32 Å². The number of hydrogen-bond acceptors (Lipinski definition) is 3. The van der Waals surface area contributed by atoms with Crippen molar-refractivity contribution in [2.24, 2.45) is 0 Å². The lowest BCUT2D eigenvalue weighted by Crippen LogP contribution is -2.32. The van der Waals surface area contributed by atoms with Crippen LogP contribution in [0.1, 0.15) is 23.6 Å². The number of carbonyl (C=O) groups excluding carboxylic acids is 1.